The fourth-order valence-electron chi connectivity index (χ4n) is 4.00. The van der Waals surface area contributed by atoms with Gasteiger partial charge in [0.2, 0.25) is 5.91 Å². The van der Waals surface area contributed by atoms with Gasteiger partial charge in [-0.1, -0.05) is 38.1 Å². The van der Waals surface area contributed by atoms with E-state index in [1.807, 2.05) is 0 Å². The Morgan fingerprint density at radius 2 is 1.49 bits per heavy atom. The van der Waals surface area contributed by atoms with Crippen LogP contribution in [0.4, 0.5) is 36.4 Å². The summed E-state index contributed by atoms with van der Waals surface area (Å²) >= 11 is 0. The Labute approximate surface area is 207 Å². The average molecular weight is 557 g/mol. The fourth-order valence-corrected chi connectivity index (χ4v) is 5.47. The van der Waals surface area contributed by atoms with Crippen molar-refractivity contribution < 1.29 is 48.7 Å². The molecule has 3 N–H and O–H groups in total. The second-order valence-corrected chi connectivity index (χ2v) is 11.3. The number of carbonyl (C=O) groups is 2. The number of sulfone groups is 1. The molecule has 0 saturated heterocycles. The third kappa shape index (κ3) is 6.05. The molecular formula is C23H23F7N2O4S. The highest BCUT2D eigenvalue weighted by molar-refractivity contribution is 7.90. The van der Waals surface area contributed by atoms with Gasteiger partial charge in [-0.15, -0.1) is 0 Å². The zero-order valence-electron chi connectivity index (χ0n) is 19.9. The van der Waals surface area contributed by atoms with Crippen LogP contribution in [0.2, 0.25) is 0 Å². The number of anilines is 1. The van der Waals surface area contributed by atoms with Crippen LogP contribution in [0.15, 0.2) is 36.4 Å². The van der Waals surface area contributed by atoms with Gasteiger partial charge in [-0.05, 0) is 30.2 Å². The van der Waals surface area contributed by atoms with Crippen LogP contribution in [0.25, 0.3) is 0 Å². The van der Waals surface area contributed by atoms with E-state index in [1.54, 1.807) is 0 Å². The van der Waals surface area contributed by atoms with Gasteiger partial charge in [0, 0.05) is 22.9 Å². The molecule has 2 aromatic rings. The van der Waals surface area contributed by atoms with E-state index in [9.17, 15) is 48.7 Å². The number of aryl methyl sites for hydroxylation is 1. The molecule has 0 heterocycles. The summed E-state index contributed by atoms with van der Waals surface area (Å²) in [6.07, 6.45) is -11.6. The lowest BCUT2D eigenvalue weighted by Crippen LogP contribution is -2.50. The predicted molar refractivity (Wildman–Crippen MR) is 122 cm³/mol. The molecule has 0 aliphatic carbocycles. The first-order valence-corrected chi connectivity index (χ1v) is 12.4. The van der Waals surface area contributed by atoms with E-state index in [0.29, 0.717) is 12.1 Å². The molecular weight excluding hydrogens is 533 g/mol. The number of nitrogens with one attached hydrogen (secondary N) is 1. The van der Waals surface area contributed by atoms with Gasteiger partial charge in [-0.3, -0.25) is 9.59 Å². The lowest BCUT2D eigenvalue weighted by molar-refractivity contribution is -0.348. The fraction of sp³-hybridized carbons (Fsp3) is 0.391. The molecule has 0 aliphatic heterocycles. The Hall–Kier alpha value is -3.16. The van der Waals surface area contributed by atoms with Gasteiger partial charge in [0.15, 0.2) is 0 Å². The maximum atomic E-state index is 14.4. The Morgan fingerprint density at radius 1 is 0.946 bits per heavy atom. The quantitative estimate of drug-likeness (QED) is 0.471. The van der Waals surface area contributed by atoms with Gasteiger partial charge >= 0.3 is 18.0 Å². The van der Waals surface area contributed by atoms with E-state index >= 15 is 0 Å². The maximum Gasteiger partial charge on any atom is 0.435 e. The van der Waals surface area contributed by atoms with Gasteiger partial charge < -0.3 is 11.1 Å². The van der Waals surface area contributed by atoms with Crippen molar-refractivity contribution in [3.8, 4) is 0 Å². The maximum absolute atomic E-state index is 14.4. The molecule has 0 saturated carbocycles. The minimum Gasteiger partial charge on any atom is -0.366 e. The number of halogens is 7. The number of primary amides is 1. The second-order valence-electron chi connectivity index (χ2n) is 9.18. The van der Waals surface area contributed by atoms with E-state index in [0.717, 1.165) is 13.2 Å². The smallest absolute Gasteiger partial charge is 0.366 e. The minimum absolute atomic E-state index is 0.128. The highest BCUT2D eigenvalue weighted by Crippen LogP contribution is 2.53. The van der Waals surface area contributed by atoms with Crippen molar-refractivity contribution in [3.63, 3.8) is 0 Å². The van der Waals surface area contributed by atoms with E-state index < -0.39 is 56.4 Å². The van der Waals surface area contributed by atoms with Crippen LogP contribution in [0.5, 0.6) is 0 Å². The van der Waals surface area contributed by atoms with Crippen LogP contribution in [0, 0.1) is 6.92 Å². The molecule has 6 nitrogen and oxygen atoms in total. The van der Waals surface area contributed by atoms with Crippen molar-refractivity contribution >= 4 is 27.3 Å². The van der Waals surface area contributed by atoms with Crippen LogP contribution >= 0.6 is 0 Å². The molecule has 37 heavy (non-hydrogen) atoms. The van der Waals surface area contributed by atoms with Gasteiger partial charge in [0.25, 0.3) is 5.91 Å². The van der Waals surface area contributed by atoms with Crippen LogP contribution in [0.1, 0.15) is 51.3 Å². The predicted octanol–water partition coefficient (Wildman–Crippen LogP) is 4.96. The van der Waals surface area contributed by atoms with Crippen molar-refractivity contribution in [1.29, 1.82) is 0 Å². The molecule has 2 rings (SSSR count). The monoisotopic (exact) mass is 556 g/mol. The first-order chi connectivity index (χ1) is 16.5. The molecule has 0 bridgehead atoms. The zero-order chi connectivity index (χ0) is 28.8. The van der Waals surface area contributed by atoms with Gasteiger partial charge in [0.05, 0.1) is 16.9 Å². The first kappa shape index (κ1) is 30.1. The highest BCUT2D eigenvalue weighted by Gasteiger charge is 2.73. The van der Waals surface area contributed by atoms with Gasteiger partial charge in [0.1, 0.15) is 9.84 Å². The molecule has 204 valence electrons. The summed E-state index contributed by atoms with van der Waals surface area (Å²) in [5.41, 5.74) is -4.21. The number of alkyl halides is 7. The third-order valence-electron chi connectivity index (χ3n) is 5.56. The van der Waals surface area contributed by atoms with E-state index in [1.165, 1.54) is 32.0 Å². The molecule has 0 atom stereocenters. The number of hydrogen-bond acceptors (Lipinski definition) is 4. The number of benzene rings is 2. The van der Waals surface area contributed by atoms with Crippen LogP contribution in [0.3, 0.4) is 0 Å². The summed E-state index contributed by atoms with van der Waals surface area (Å²) in [4.78, 5) is 25.2. The SMILES string of the molecule is Cc1cc(C(F)(C(F)(F)F)C(F)(F)F)ccc1NC(=O)c1cccc(C(C)(C)CS(C)(=O)=O)c1C(N)=O. The summed E-state index contributed by atoms with van der Waals surface area (Å²) < 4.78 is 116. The van der Waals surface area contributed by atoms with E-state index in [2.05, 4.69) is 5.32 Å². The molecule has 0 unspecified atom stereocenters. The Bertz CT molecular complexity index is 1320. The lowest BCUT2D eigenvalue weighted by atomic mass is 9.81. The standard InChI is InChI=1S/C23H23F7N2O4S/c1-12-10-13(21(24,22(25,26)27)23(28,29)30)8-9-16(12)32-19(34)14-6-5-7-15(17(14)18(31)33)20(2,3)11-37(4,35)36/h5-10H,11H2,1-4H3,(H2,31,33)(H,32,34). The number of amides is 2. The summed E-state index contributed by atoms with van der Waals surface area (Å²) in [6, 6.07) is 5.13. The lowest BCUT2D eigenvalue weighted by Gasteiger charge is -2.30. The largest absolute Gasteiger partial charge is 0.435 e. The van der Waals surface area contributed by atoms with Crippen LogP contribution < -0.4 is 11.1 Å². The number of nitrogens with two attached hydrogens (primary N) is 1. The number of carbonyl (C=O) groups excluding carboxylic acids is 2. The Balaban J connectivity index is 2.55. The average Bonchev–Trinajstić information content (AvgIpc) is 2.70. The molecule has 0 radical (unpaired) electrons. The highest BCUT2D eigenvalue weighted by atomic mass is 32.2. The van der Waals surface area contributed by atoms with E-state index in [4.69, 9.17) is 5.73 Å². The van der Waals surface area contributed by atoms with Crippen LogP contribution in [-0.4, -0.2) is 44.6 Å². The van der Waals surface area contributed by atoms with Crippen molar-refractivity contribution in [2.24, 2.45) is 5.73 Å². The summed E-state index contributed by atoms with van der Waals surface area (Å²) in [5, 5.41) is 2.25. The third-order valence-corrected chi connectivity index (χ3v) is 6.81. The normalized spacial score (nSPS) is 13.4. The van der Waals surface area contributed by atoms with Gasteiger partial charge in [-0.25, -0.2) is 12.8 Å². The number of hydrogen-bond donors (Lipinski definition) is 2. The first-order valence-electron chi connectivity index (χ1n) is 10.4. The van der Waals surface area contributed by atoms with Gasteiger partial charge in [-0.2, -0.15) is 26.3 Å². The Morgan fingerprint density at radius 3 is 1.92 bits per heavy atom. The minimum atomic E-state index is -6.31. The van der Waals surface area contributed by atoms with Crippen molar-refractivity contribution in [2.75, 3.05) is 17.3 Å². The topological polar surface area (TPSA) is 106 Å². The summed E-state index contributed by atoms with van der Waals surface area (Å²) in [5.74, 6) is -2.50. The summed E-state index contributed by atoms with van der Waals surface area (Å²) in [7, 11) is -3.54. The molecule has 2 amide bonds. The van der Waals surface area contributed by atoms with Crippen molar-refractivity contribution in [1.82, 2.24) is 0 Å². The molecule has 14 heteroatoms. The molecule has 0 aliphatic rings. The molecule has 0 spiro atoms. The molecule has 0 fully saturated rings. The van der Waals surface area contributed by atoms with Crippen molar-refractivity contribution in [2.45, 2.75) is 44.2 Å². The molecule has 0 aromatic heterocycles. The number of rotatable bonds is 7. The molecule has 2 aromatic carbocycles. The summed E-state index contributed by atoms with van der Waals surface area (Å²) in [6.45, 7) is 4.06. The zero-order valence-corrected chi connectivity index (χ0v) is 20.8. The second kappa shape index (κ2) is 9.62. The van der Waals surface area contributed by atoms with Crippen molar-refractivity contribution in [3.05, 3.63) is 64.2 Å². The Kier molecular flexibility index (Phi) is 7.81. The van der Waals surface area contributed by atoms with Crippen LogP contribution in [-0.2, 0) is 20.9 Å². The van der Waals surface area contributed by atoms with E-state index in [-0.39, 0.29) is 34.0 Å².